The fraction of sp³-hybridized carbons (Fsp3) is 0.188. The topological polar surface area (TPSA) is 64.3 Å². The minimum atomic E-state index is -0.168. The fourth-order valence-electron chi connectivity index (χ4n) is 2.02. The van der Waals surface area contributed by atoms with Crippen LogP contribution in [-0.4, -0.2) is 13.0 Å². The average Bonchev–Trinajstić information content (AvgIpc) is 2.46. The number of carbonyl (C=O) groups is 1. The molecule has 1 amide bonds. The molecule has 0 aliphatic carbocycles. The summed E-state index contributed by atoms with van der Waals surface area (Å²) in [5.74, 6) is 0.596. The molecule has 3 N–H and O–H groups in total. The van der Waals surface area contributed by atoms with E-state index in [2.05, 4.69) is 21.2 Å². The monoisotopic (exact) mass is 348 g/mol. The number of nitrogen functional groups attached to an aromatic ring is 1. The number of anilines is 1. The molecule has 0 radical (unpaired) electrons. The highest BCUT2D eigenvalue weighted by molar-refractivity contribution is 9.10. The molecular weight excluding hydrogens is 332 g/mol. The number of benzene rings is 2. The number of rotatable bonds is 4. The summed E-state index contributed by atoms with van der Waals surface area (Å²) in [6.45, 7) is 1.92. The van der Waals surface area contributed by atoms with E-state index in [9.17, 15) is 4.79 Å². The van der Waals surface area contributed by atoms with Crippen LogP contribution in [0.3, 0.4) is 0 Å². The van der Waals surface area contributed by atoms with Gasteiger partial charge in [0.15, 0.2) is 0 Å². The maximum Gasteiger partial charge on any atom is 0.251 e. The predicted molar refractivity (Wildman–Crippen MR) is 87.4 cm³/mol. The molecule has 0 saturated carbocycles. The van der Waals surface area contributed by atoms with Crippen molar-refractivity contribution < 1.29 is 9.53 Å². The molecule has 0 heterocycles. The van der Waals surface area contributed by atoms with Crippen molar-refractivity contribution >= 4 is 27.5 Å². The van der Waals surface area contributed by atoms with Crippen molar-refractivity contribution in [2.24, 2.45) is 0 Å². The first-order valence-corrected chi connectivity index (χ1v) is 7.30. The Hall–Kier alpha value is -2.01. The number of nitrogens with one attached hydrogen (secondary N) is 1. The molecule has 110 valence electrons. The van der Waals surface area contributed by atoms with Crippen LogP contribution in [-0.2, 0) is 0 Å². The summed E-state index contributed by atoms with van der Waals surface area (Å²) in [7, 11) is 1.62. The van der Waals surface area contributed by atoms with E-state index < -0.39 is 0 Å². The van der Waals surface area contributed by atoms with E-state index in [-0.39, 0.29) is 11.9 Å². The molecule has 0 aliphatic rings. The Bertz CT molecular complexity index is 638. The zero-order chi connectivity index (χ0) is 15.4. The van der Waals surface area contributed by atoms with Crippen LogP contribution in [0, 0.1) is 0 Å². The maximum absolute atomic E-state index is 12.3. The van der Waals surface area contributed by atoms with Gasteiger partial charge in [-0.3, -0.25) is 4.79 Å². The Morgan fingerprint density at radius 2 is 2.05 bits per heavy atom. The van der Waals surface area contributed by atoms with Gasteiger partial charge in [0.2, 0.25) is 0 Å². The quantitative estimate of drug-likeness (QED) is 0.830. The van der Waals surface area contributed by atoms with Crippen LogP contribution in [0.15, 0.2) is 46.9 Å². The zero-order valence-electron chi connectivity index (χ0n) is 11.9. The Morgan fingerprint density at radius 1 is 1.29 bits per heavy atom. The van der Waals surface area contributed by atoms with Crippen LogP contribution < -0.4 is 15.8 Å². The lowest BCUT2D eigenvalue weighted by molar-refractivity contribution is 0.0940. The molecule has 2 rings (SSSR count). The molecule has 4 nitrogen and oxygen atoms in total. The largest absolute Gasteiger partial charge is 0.497 e. The lowest BCUT2D eigenvalue weighted by atomic mass is 10.1. The standard InChI is InChI=1S/C16H17BrN2O2/c1-10(11-4-3-5-15(8-11)21-2)19-16(20)12-6-13(17)9-14(18)7-12/h3-10H,18H2,1-2H3,(H,19,20). The Labute approximate surface area is 132 Å². The van der Waals surface area contributed by atoms with Gasteiger partial charge in [0, 0.05) is 15.7 Å². The van der Waals surface area contributed by atoms with E-state index in [1.165, 1.54) is 0 Å². The summed E-state index contributed by atoms with van der Waals surface area (Å²) < 4.78 is 5.97. The van der Waals surface area contributed by atoms with Gasteiger partial charge in [-0.05, 0) is 42.8 Å². The van der Waals surface area contributed by atoms with E-state index in [0.29, 0.717) is 11.3 Å². The highest BCUT2D eigenvalue weighted by Crippen LogP contribution is 2.21. The molecule has 2 aromatic rings. The van der Waals surface area contributed by atoms with E-state index >= 15 is 0 Å². The first-order chi connectivity index (χ1) is 9.99. The fourth-order valence-corrected chi connectivity index (χ4v) is 2.53. The first kappa shape index (κ1) is 15.4. The molecule has 21 heavy (non-hydrogen) atoms. The van der Waals surface area contributed by atoms with Gasteiger partial charge in [-0.25, -0.2) is 0 Å². The molecule has 0 fully saturated rings. The number of hydrogen-bond acceptors (Lipinski definition) is 3. The Kier molecular flexibility index (Phi) is 4.85. The van der Waals surface area contributed by atoms with Gasteiger partial charge in [0.05, 0.1) is 13.2 Å². The van der Waals surface area contributed by atoms with E-state index in [4.69, 9.17) is 10.5 Å². The summed E-state index contributed by atoms with van der Waals surface area (Å²) in [4.78, 5) is 12.3. The van der Waals surface area contributed by atoms with E-state index in [0.717, 1.165) is 15.8 Å². The Morgan fingerprint density at radius 3 is 2.71 bits per heavy atom. The van der Waals surface area contributed by atoms with Crippen LogP contribution in [0.2, 0.25) is 0 Å². The number of methoxy groups -OCH3 is 1. The first-order valence-electron chi connectivity index (χ1n) is 6.50. The number of ether oxygens (including phenoxy) is 1. The third-order valence-electron chi connectivity index (χ3n) is 3.12. The molecular formula is C16H17BrN2O2. The molecule has 1 unspecified atom stereocenters. The molecule has 5 heteroatoms. The average molecular weight is 349 g/mol. The smallest absolute Gasteiger partial charge is 0.251 e. The predicted octanol–water partition coefficient (Wildman–Crippen LogP) is 3.53. The summed E-state index contributed by atoms with van der Waals surface area (Å²) in [6.07, 6.45) is 0. The number of amides is 1. The van der Waals surface area contributed by atoms with Gasteiger partial charge in [0.25, 0.3) is 5.91 Å². The van der Waals surface area contributed by atoms with Crippen molar-refractivity contribution in [1.82, 2.24) is 5.32 Å². The lowest BCUT2D eigenvalue weighted by Crippen LogP contribution is -2.26. The van der Waals surface area contributed by atoms with Gasteiger partial charge >= 0.3 is 0 Å². The normalized spacial score (nSPS) is 11.8. The van der Waals surface area contributed by atoms with E-state index in [1.807, 2.05) is 31.2 Å². The highest BCUT2D eigenvalue weighted by Gasteiger charge is 2.13. The minimum Gasteiger partial charge on any atom is -0.497 e. The van der Waals surface area contributed by atoms with Gasteiger partial charge in [-0.2, -0.15) is 0 Å². The maximum atomic E-state index is 12.3. The number of halogens is 1. The zero-order valence-corrected chi connectivity index (χ0v) is 13.5. The third-order valence-corrected chi connectivity index (χ3v) is 3.58. The van der Waals surface area contributed by atoms with Gasteiger partial charge in [-0.15, -0.1) is 0 Å². The van der Waals surface area contributed by atoms with Crippen LogP contribution in [0.4, 0.5) is 5.69 Å². The van der Waals surface area contributed by atoms with Crippen molar-refractivity contribution in [2.75, 3.05) is 12.8 Å². The number of nitrogens with two attached hydrogens (primary N) is 1. The molecule has 0 bridgehead atoms. The van der Waals surface area contributed by atoms with Crippen molar-refractivity contribution in [3.63, 3.8) is 0 Å². The summed E-state index contributed by atoms with van der Waals surface area (Å²) >= 11 is 3.33. The molecule has 0 spiro atoms. The van der Waals surface area contributed by atoms with Crippen LogP contribution in [0.5, 0.6) is 5.75 Å². The van der Waals surface area contributed by atoms with Gasteiger partial charge in [-0.1, -0.05) is 28.1 Å². The van der Waals surface area contributed by atoms with Crippen LogP contribution >= 0.6 is 15.9 Å². The SMILES string of the molecule is COc1cccc(C(C)NC(=O)c2cc(N)cc(Br)c2)c1. The van der Waals surface area contributed by atoms with Gasteiger partial charge in [0.1, 0.15) is 5.75 Å². The molecule has 1 atom stereocenters. The number of carbonyl (C=O) groups excluding carboxylic acids is 1. The Balaban J connectivity index is 2.14. The van der Waals surface area contributed by atoms with Gasteiger partial charge < -0.3 is 15.8 Å². The summed E-state index contributed by atoms with van der Waals surface area (Å²) in [6, 6.07) is 12.6. The van der Waals surface area contributed by atoms with Crippen LogP contribution in [0.1, 0.15) is 28.9 Å². The van der Waals surface area contributed by atoms with Crippen molar-refractivity contribution in [3.05, 3.63) is 58.1 Å². The highest BCUT2D eigenvalue weighted by atomic mass is 79.9. The molecule has 2 aromatic carbocycles. The van der Waals surface area contributed by atoms with Crippen molar-refractivity contribution in [2.45, 2.75) is 13.0 Å². The molecule has 0 saturated heterocycles. The molecule has 0 aromatic heterocycles. The summed E-state index contributed by atoms with van der Waals surface area (Å²) in [5.41, 5.74) is 7.80. The summed E-state index contributed by atoms with van der Waals surface area (Å²) in [5, 5.41) is 2.95. The number of hydrogen-bond donors (Lipinski definition) is 2. The molecule has 0 aliphatic heterocycles. The second kappa shape index (κ2) is 6.63. The lowest BCUT2D eigenvalue weighted by Gasteiger charge is -2.15. The van der Waals surface area contributed by atoms with Crippen LogP contribution in [0.25, 0.3) is 0 Å². The van der Waals surface area contributed by atoms with Crippen molar-refractivity contribution in [3.8, 4) is 5.75 Å². The second-order valence-electron chi connectivity index (χ2n) is 4.75. The second-order valence-corrected chi connectivity index (χ2v) is 5.66. The third kappa shape index (κ3) is 3.98. The minimum absolute atomic E-state index is 0.132. The van der Waals surface area contributed by atoms with E-state index in [1.54, 1.807) is 25.3 Å². The van der Waals surface area contributed by atoms with Crippen molar-refractivity contribution in [1.29, 1.82) is 0 Å².